The Morgan fingerprint density at radius 3 is 1.00 bits per heavy atom. The van der Waals surface area contributed by atoms with Crippen LogP contribution in [0.4, 0.5) is 0 Å². The van der Waals surface area contributed by atoms with Gasteiger partial charge in [0, 0.05) is 6.42 Å². The van der Waals surface area contributed by atoms with Crippen LogP contribution in [0.25, 0.3) is 0 Å². The molecule has 0 saturated heterocycles. The summed E-state index contributed by atoms with van der Waals surface area (Å²) >= 11 is 0. The van der Waals surface area contributed by atoms with Crippen LogP contribution in [0.3, 0.4) is 0 Å². The predicted molar refractivity (Wildman–Crippen MR) is 112 cm³/mol. The van der Waals surface area contributed by atoms with Gasteiger partial charge in [0.2, 0.25) is 0 Å². The first-order chi connectivity index (χ1) is 12.4. The summed E-state index contributed by atoms with van der Waals surface area (Å²) in [6, 6.07) is 0. The molecule has 0 aromatic heterocycles. The predicted octanol–water partition coefficient (Wildman–Crippen LogP) is 8.53. The number of aliphatic hydroxyl groups is 1. The first-order valence-corrected chi connectivity index (χ1v) is 11.5. The third kappa shape index (κ3) is 23.4. The van der Waals surface area contributed by atoms with Gasteiger partial charge in [-0.05, 0) is 6.42 Å². The molecule has 25 heavy (non-hydrogen) atoms. The molecule has 148 valence electrons. The Morgan fingerprint density at radius 2 is 0.720 bits per heavy atom. The van der Waals surface area contributed by atoms with Crippen LogP contribution in [0, 0.1) is 12.0 Å². The zero-order valence-electron chi connectivity index (χ0n) is 17.3. The molecule has 0 heterocycles. The van der Waals surface area contributed by atoms with Crippen LogP contribution >= 0.6 is 0 Å². The first kappa shape index (κ1) is 24.4. The molecule has 0 aromatic carbocycles. The molecular weight excluding hydrogens is 304 g/mol. The summed E-state index contributed by atoms with van der Waals surface area (Å²) in [7, 11) is 0. The number of hydrogen-bond donors (Lipinski definition) is 1. The number of rotatable bonds is 20. The van der Waals surface area contributed by atoms with Gasteiger partial charge in [0.25, 0.3) is 0 Å². The Hall–Kier alpha value is -0.640. The third-order valence-electron chi connectivity index (χ3n) is 5.23. The molecule has 0 aliphatic heterocycles. The van der Waals surface area contributed by atoms with Crippen LogP contribution in [0.5, 0.6) is 0 Å². The van der Waals surface area contributed by atoms with E-state index in [1.807, 2.05) is 6.11 Å². The quantitative estimate of drug-likeness (QED) is 0.172. The van der Waals surface area contributed by atoms with E-state index in [1.54, 1.807) is 0 Å². The minimum atomic E-state index is 0.857. The summed E-state index contributed by atoms with van der Waals surface area (Å²) < 4.78 is 0. The van der Waals surface area contributed by atoms with Crippen LogP contribution < -0.4 is 0 Å². The molecule has 1 heteroatoms. The van der Waals surface area contributed by atoms with Crippen LogP contribution in [0.1, 0.15) is 142 Å². The Labute approximate surface area is 159 Å². The van der Waals surface area contributed by atoms with Gasteiger partial charge < -0.3 is 5.11 Å². The van der Waals surface area contributed by atoms with Gasteiger partial charge in [-0.3, -0.25) is 0 Å². The lowest BCUT2D eigenvalue weighted by molar-refractivity contribution is 0.514. The zero-order chi connectivity index (χ0) is 18.3. The molecule has 0 saturated carbocycles. The maximum absolute atomic E-state index is 8.36. The lowest BCUT2D eigenvalue weighted by atomic mass is 10.0. The molecule has 0 rings (SSSR count). The SMILES string of the molecule is CCCCCCCCCCCCCCCCCCCCCCC#CO. The second kappa shape index (κ2) is 23.4. The number of aliphatic hydroxyl groups excluding tert-OH is 1. The molecule has 0 spiro atoms. The fraction of sp³-hybridized carbons (Fsp3) is 0.917. The van der Waals surface area contributed by atoms with Crippen molar-refractivity contribution >= 4 is 0 Å². The molecule has 0 fully saturated rings. The summed E-state index contributed by atoms with van der Waals surface area (Å²) in [5, 5.41) is 8.36. The average molecular weight is 351 g/mol. The van der Waals surface area contributed by atoms with Crippen molar-refractivity contribution in [2.75, 3.05) is 0 Å². The van der Waals surface area contributed by atoms with E-state index in [9.17, 15) is 0 Å². The minimum absolute atomic E-state index is 0.857. The molecule has 0 aliphatic carbocycles. The average Bonchev–Trinajstić information content (AvgIpc) is 2.63. The van der Waals surface area contributed by atoms with Gasteiger partial charge in [0.15, 0.2) is 0 Å². The molecule has 0 aliphatic rings. The molecule has 1 nitrogen and oxygen atoms in total. The number of unbranched alkanes of at least 4 members (excludes halogenated alkanes) is 20. The second-order valence-corrected chi connectivity index (χ2v) is 7.76. The van der Waals surface area contributed by atoms with Crippen molar-refractivity contribution in [3.8, 4) is 12.0 Å². The van der Waals surface area contributed by atoms with E-state index < -0.39 is 0 Å². The standard InChI is InChI=1S/C24H46O/c1-2-3-4-5-6-7-8-9-10-11-12-13-14-15-16-17-18-19-20-21-22-23-24-25/h25H,2-22H2,1H3. The van der Waals surface area contributed by atoms with Crippen LogP contribution in [-0.4, -0.2) is 5.11 Å². The van der Waals surface area contributed by atoms with E-state index in [4.69, 9.17) is 5.11 Å². The Bertz CT molecular complexity index is 286. The number of hydrogen-bond acceptors (Lipinski definition) is 1. The Balaban J connectivity index is 2.97. The molecule has 0 unspecified atom stereocenters. The maximum Gasteiger partial charge on any atom is 0.107 e. The van der Waals surface area contributed by atoms with Crippen LogP contribution in [0.15, 0.2) is 0 Å². The topological polar surface area (TPSA) is 20.2 Å². The second-order valence-electron chi connectivity index (χ2n) is 7.76. The van der Waals surface area contributed by atoms with Crippen LogP contribution in [0.2, 0.25) is 0 Å². The first-order valence-electron chi connectivity index (χ1n) is 11.5. The van der Waals surface area contributed by atoms with E-state index in [0.717, 1.165) is 12.8 Å². The monoisotopic (exact) mass is 350 g/mol. The summed E-state index contributed by atoms with van der Waals surface area (Å²) in [6.45, 7) is 2.29. The Kier molecular flexibility index (Phi) is 22.8. The van der Waals surface area contributed by atoms with Crippen molar-refractivity contribution in [2.24, 2.45) is 0 Å². The van der Waals surface area contributed by atoms with E-state index in [2.05, 4.69) is 12.8 Å². The molecule has 0 atom stereocenters. The highest BCUT2D eigenvalue weighted by atomic mass is 16.2. The fourth-order valence-corrected chi connectivity index (χ4v) is 3.52. The lowest BCUT2D eigenvalue weighted by Gasteiger charge is -2.04. The van der Waals surface area contributed by atoms with Gasteiger partial charge in [-0.2, -0.15) is 0 Å². The molecular formula is C24H46O. The minimum Gasteiger partial charge on any atom is -0.462 e. The lowest BCUT2D eigenvalue weighted by Crippen LogP contribution is -1.84. The van der Waals surface area contributed by atoms with E-state index >= 15 is 0 Å². The largest absolute Gasteiger partial charge is 0.462 e. The van der Waals surface area contributed by atoms with E-state index in [0.29, 0.717) is 0 Å². The van der Waals surface area contributed by atoms with E-state index in [-0.39, 0.29) is 0 Å². The molecule has 0 aromatic rings. The van der Waals surface area contributed by atoms with Crippen molar-refractivity contribution in [2.45, 2.75) is 142 Å². The van der Waals surface area contributed by atoms with Crippen molar-refractivity contribution in [3.63, 3.8) is 0 Å². The highest BCUT2D eigenvalue weighted by Crippen LogP contribution is 2.14. The van der Waals surface area contributed by atoms with Gasteiger partial charge in [-0.15, -0.1) is 0 Å². The van der Waals surface area contributed by atoms with Crippen molar-refractivity contribution in [3.05, 3.63) is 0 Å². The molecule has 0 amide bonds. The highest BCUT2D eigenvalue weighted by Gasteiger charge is 1.95. The van der Waals surface area contributed by atoms with Gasteiger partial charge >= 0.3 is 0 Å². The Morgan fingerprint density at radius 1 is 0.440 bits per heavy atom. The van der Waals surface area contributed by atoms with Crippen LogP contribution in [-0.2, 0) is 0 Å². The van der Waals surface area contributed by atoms with E-state index in [1.165, 1.54) is 122 Å². The van der Waals surface area contributed by atoms with Gasteiger partial charge in [0.05, 0.1) is 0 Å². The smallest absolute Gasteiger partial charge is 0.107 e. The molecule has 0 bridgehead atoms. The summed E-state index contributed by atoms with van der Waals surface area (Å²) in [5.74, 6) is 2.71. The van der Waals surface area contributed by atoms with Gasteiger partial charge in [0.1, 0.15) is 6.11 Å². The van der Waals surface area contributed by atoms with Gasteiger partial charge in [-0.1, -0.05) is 135 Å². The fourth-order valence-electron chi connectivity index (χ4n) is 3.52. The molecule has 1 N–H and O–H groups in total. The summed E-state index contributed by atoms with van der Waals surface area (Å²) in [4.78, 5) is 0. The van der Waals surface area contributed by atoms with Gasteiger partial charge in [-0.25, -0.2) is 0 Å². The maximum atomic E-state index is 8.36. The zero-order valence-corrected chi connectivity index (χ0v) is 17.3. The molecule has 0 radical (unpaired) electrons. The van der Waals surface area contributed by atoms with Crippen molar-refractivity contribution in [1.82, 2.24) is 0 Å². The summed E-state index contributed by atoms with van der Waals surface area (Å²) in [5.41, 5.74) is 0. The third-order valence-corrected chi connectivity index (χ3v) is 5.23. The van der Waals surface area contributed by atoms with Crippen molar-refractivity contribution in [1.29, 1.82) is 0 Å². The summed E-state index contributed by atoms with van der Waals surface area (Å²) in [6.07, 6.45) is 31.1. The highest BCUT2D eigenvalue weighted by molar-refractivity contribution is 4.88. The van der Waals surface area contributed by atoms with Crippen molar-refractivity contribution < 1.29 is 5.11 Å². The normalized spacial score (nSPS) is 10.6.